The van der Waals surface area contributed by atoms with Crippen molar-refractivity contribution in [3.8, 4) is 11.3 Å². The normalized spacial score (nSPS) is 10.8. The van der Waals surface area contributed by atoms with Gasteiger partial charge >= 0.3 is 0 Å². The number of nitrogens with zero attached hydrogens (tertiary/aromatic N) is 1. The molecule has 3 aromatic carbocycles. The van der Waals surface area contributed by atoms with E-state index in [0.717, 1.165) is 37.2 Å². The summed E-state index contributed by atoms with van der Waals surface area (Å²) in [5, 5.41) is 3.86. The van der Waals surface area contributed by atoms with Crippen LogP contribution in [0.2, 0.25) is 0 Å². The Morgan fingerprint density at radius 2 is 1.75 bits per heavy atom. The Bertz CT molecular complexity index is 1160. The van der Waals surface area contributed by atoms with Crippen LogP contribution < -0.4 is 5.32 Å². The molecule has 0 spiro atoms. The molecule has 0 saturated carbocycles. The number of anilines is 1. The number of hydrogen-bond acceptors (Lipinski definition) is 3. The van der Waals surface area contributed by atoms with Crippen molar-refractivity contribution in [3.05, 3.63) is 88.9 Å². The second kappa shape index (κ2) is 8.17. The molecule has 0 aliphatic heterocycles. The first-order chi connectivity index (χ1) is 13.6. The lowest BCUT2D eigenvalue weighted by Crippen LogP contribution is -2.13. The van der Waals surface area contributed by atoms with Crippen LogP contribution in [-0.4, -0.2) is 17.1 Å². The molecule has 4 rings (SSSR count). The lowest BCUT2D eigenvalue weighted by Gasteiger charge is -2.11. The van der Waals surface area contributed by atoms with Crippen LogP contribution >= 0.6 is 27.7 Å². The van der Waals surface area contributed by atoms with Crippen molar-refractivity contribution in [2.24, 2.45) is 0 Å². The summed E-state index contributed by atoms with van der Waals surface area (Å²) >= 11 is 5.10. The van der Waals surface area contributed by atoms with Gasteiger partial charge in [-0.25, -0.2) is 4.98 Å². The molecule has 0 bridgehead atoms. The van der Waals surface area contributed by atoms with Crippen molar-refractivity contribution < 1.29 is 4.79 Å². The van der Waals surface area contributed by atoms with Crippen LogP contribution in [0.4, 0.5) is 5.69 Å². The molecule has 138 valence electrons. The molecule has 3 nitrogen and oxygen atoms in total. The summed E-state index contributed by atoms with van der Waals surface area (Å²) in [6, 6.07) is 25.3. The Morgan fingerprint density at radius 1 is 0.964 bits per heavy atom. The fraction of sp³-hybridized carbons (Fsp3) is 0.0435. The zero-order valence-corrected chi connectivity index (χ0v) is 17.5. The van der Waals surface area contributed by atoms with Gasteiger partial charge in [-0.05, 0) is 48.7 Å². The van der Waals surface area contributed by atoms with E-state index in [1.54, 1.807) is 11.8 Å². The molecule has 0 unspecified atom stereocenters. The van der Waals surface area contributed by atoms with Crippen LogP contribution in [0, 0.1) is 0 Å². The quantitative estimate of drug-likeness (QED) is 0.355. The van der Waals surface area contributed by atoms with Crippen molar-refractivity contribution in [2.75, 3.05) is 11.6 Å². The topological polar surface area (TPSA) is 42.0 Å². The first-order valence-corrected chi connectivity index (χ1v) is 10.8. The second-order valence-electron chi connectivity index (χ2n) is 6.27. The number of carbonyl (C=O) groups is 1. The van der Waals surface area contributed by atoms with E-state index in [-0.39, 0.29) is 5.91 Å². The molecule has 4 aromatic rings. The summed E-state index contributed by atoms with van der Waals surface area (Å²) in [4.78, 5) is 19.0. The summed E-state index contributed by atoms with van der Waals surface area (Å²) in [6.45, 7) is 0. The standard InChI is InChI=1S/C23H17BrN2OS/c1-28-18-6-4-5-17(13-18)25-23(27)20-14-22(15-9-11-16(24)12-10-15)26-21-8-3-2-7-19(20)21/h2-14H,1H3,(H,25,27). The molecule has 28 heavy (non-hydrogen) atoms. The number of para-hydroxylation sites is 1. The number of carbonyl (C=O) groups excluding carboxylic acids is 1. The van der Waals surface area contributed by atoms with Crippen LogP contribution in [0.15, 0.2) is 88.2 Å². The van der Waals surface area contributed by atoms with Gasteiger partial charge in [0.1, 0.15) is 0 Å². The van der Waals surface area contributed by atoms with E-state index < -0.39 is 0 Å². The van der Waals surface area contributed by atoms with E-state index in [4.69, 9.17) is 4.98 Å². The van der Waals surface area contributed by atoms with Crippen LogP contribution in [0.1, 0.15) is 10.4 Å². The van der Waals surface area contributed by atoms with Gasteiger partial charge < -0.3 is 5.32 Å². The summed E-state index contributed by atoms with van der Waals surface area (Å²) < 4.78 is 1.00. The molecular weight excluding hydrogens is 432 g/mol. The van der Waals surface area contributed by atoms with Crippen molar-refractivity contribution in [1.82, 2.24) is 4.98 Å². The van der Waals surface area contributed by atoms with Gasteiger partial charge in [-0.1, -0.05) is 52.3 Å². The molecule has 1 heterocycles. The fourth-order valence-corrected chi connectivity index (χ4v) is 3.75. The lowest BCUT2D eigenvalue weighted by molar-refractivity contribution is 0.102. The third kappa shape index (κ3) is 3.96. The number of rotatable bonds is 4. The van der Waals surface area contributed by atoms with Crippen LogP contribution in [0.5, 0.6) is 0 Å². The maximum atomic E-state index is 13.1. The van der Waals surface area contributed by atoms with Gasteiger partial charge in [0.05, 0.1) is 16.8 Å². The van der Waals surface area contributed by atoms with E-state index in [0.29, 0.717) is 5.56 Å². The minimum absolute atomic E-state index is 0.143. The largest absolute Gasteiger partial charge is 0.322 e. The maximum absolute atomic E-state index is 13.1. The lowest BCUT2D eigenvalue weighted by atomic mass is 10.0. The first-order valence-electron chi connectivity index (χ1n) is 8.75. The average molecular weight is 449 g/mol. The van der Waals surface area contributed by atoms with Gasteiger partial charge in [0.2, 0.25) is 0 Å². The number of thioether (sulfide) groups is 1. The Labute approximate surface area is 176 Å². The zero-order valence-electron chi connectivity index (χ0n) is 15.1. The SMILES string of the molecule is CSc1cccc(NC(=O)c2cc(-c3ccc(Br)cc3)nc3ccccc23)c1. The van der Waals surface area contributed by atoms with E-state index >= 15 is 0 Å². The van der Waals surface area contributed by atoms with Crippen molar-refractivity contribution >= 4 is 50.2 Å². The highest BCUT2D eigenvalue weighted by Crippen LogP contribution is 2.27. The molecule has 1 aromatic heterocycles. The number of hydrogen-bond donors (Lipinski definition) is 1. The Kier molecular flexibility index (Phi) is 5.46. The third-order valence-corrected chi connectivity index (χ3v) is 5.68. The minimum atomic E-state index is -0.143. The monoisotopic (exact) mass is 448 g/mol. The number of nitrogens with one attached hydrogen (secondary N) is 1. The maximum Gasteiger partial charge on any atom is 0.256 e. The van der Waals surface area contributed by atoms with E-state index in [2.05, 4.69) is 21.2 Å². The number of pyridine rings is 1. The smallest absolute Gasteiger partial charge is 0.256 e. The minimum Gasteiger partial charge on any atom is -0.322 e. The van der Waals surface area contributed by atoms with Crippen LogP contribution in [-0.2, 0) is 0 Å². The molecule has 0 saturated heterocycles. The van der Waals surface area contributed by atoms with E-state index in [1.807, 2.05) is 85.1 Å². The number of halogens is 1. The number of fused-ring (bicyclic) bond motifs is 1. The number of benzene rings is 3. The molecule has 0 aliphatic rings. The second-order valence-corrected chi connectivity index (χ2v) is 8.06. The van der Waals surface area contributed by atoms with Gasteiger partial charge in [-0.2, -0.15) is 0 Å². The van der Waals surface area contributed by atoms with Gasteiger partial charge in [0.15, 0.2) is 0 Å². The highest BCUT2D eigenvalue weighted by molar-refractivity contribution is 9.10. The van der Waals surface area contributed by atoms with E-state index in [9.17, 15) is 4.79 Å². The van der Waals surface area contributed by atoms with Gasteiger partial charge in [-0.3, -0.25) is 4.79 Å². The van der Waals surface area contributed by atoms with Crippen molar-refractivity contribution in [1.29, 1.82) is 0 Å². The first kappa shape index (κ1) is 18.7. The molecule has 0 radical (unpaired) electrons. The molecule has 1 N–H and O–H groups in total. The van der Waals surface area contributed by atoms with Gasteiger partial charge in [0, 0.05) is 26.0 Å². The molecule has 5 heteroatoms. The highest BCUT2D eigenvalue weighted by atomic mass is 79.9. The summed E-state index contributed by atoms with van der Waals surface area (Å²) in [5.41, 5.74) is 3.92. The van der Waals surface area contributed by atoms with Gasteiger partial charge in [0.25, 0.3) is 5.91 Å². The molecule has 0 fully saturated rings. The zero-order chi connectivity index (χ0) is 19.5. The molecule has 0 atom stereocenters. The third-order valence-electron chi connectivity index (χ3n) is 4.43. The number of amides is 1. The fourth-order valence-electron chi connectivity index (χ4n) is 3.03. The molecule has 0 aliphatic carbocycles. The Balaban J connectivity index is 1.78. The average Bonchev–Trinajstić information content (AvgIpc) is 2.73. The predicted molar refractivity (Wildman–Crippen MR) is 121 cm³/mol. The van der Waals surface area contributed by atoms with Crippen molar-refractivity contribution in [2.45, 2.75) is 4.90 Å². The van der Waals surface area contributed by atoms with E-state index in [1.165, 1.54) is 0 Å². The summed E-state index contributed by atoms with van der Waals surface area (Å²) in [7, 11) is 0. The van der Waals surface area contributed by atoms with Crippen LogP contribution in [0.3, 0.4) is 0 Å². The molecule has 1 amide bonds. The van der Waals surface area contributed by atoms with Crippen molar-refractivity contribution in [3.63, 3.8) is 0 Å². The highest BCUT2D eigenvalue weighted by Gasteiger charge is 2.14. The predicted octanol–water partition coefficient (Wildman–Crippen LogP) is 6.64. The van der Waals surface area contributed by atoms with Crippen LogP contribution in [0.25, 0.3) is 22.2 Å². The Hall–Kier alpha value is -2.63. The Morgan fingerprint density at radius 3 is 2.54 bits per heavy atom. The summed E-state index contributed by atoms with van der Waals surface area (Å²) in [5.74, 6) is -0.143. The summed E-state index contributed by atoms with van der Waals surface area (Å²) in [6.07, 6.45) is 2.02. The number of aromatic nitrogens is 1. The van der Waals surface area contributed by atoms with Gasteiger partial charge in [-0.15, -0.1) is 11.8 Å². The molecular formula is C23H17BrN2OS.